The van der Waals surface area contributed by atoms with Crippen LogP contribution in [0.5, 0.6) is 0 Å². The summed E-state index contributed by atoms with van der Waals surface area (Å²) in [6.45, 7) is 1.75. The number of fused-ring (bicyclic) bond motifs is 1. The summed E-state index contributed by atoms with van der Waals surface area (Å²) >= 11 is 0. The molecular formula is C15H16N2O3. The number of rotatable bonds is 4. The van der Waals surface area contributed by atoms with E-state index < -0.39 is 11.9 Å². The summed E-state index contributed by atoms with van der Waals surface area (Å²) in [5, 5.41) is 9.68. The Kier molecular flexibility index (Phi) is 3.98. The first-order chi connectivity index (χ1) is 9.50. The minimum absolute atomic E-state index is 0.171. The average molecular weight is 272 g/mol. The van der Waals surface area contributed by atoms with Gasteiger partial charge in [-0.3, -0.25) is 14.6 Å². The second kappa shape index (κ2) is 5.69. The molecule has 0 bridgehead atoms. The summed E-state index contributed by atoms with van der Waals surface area (Å²) in [6.07, 6.45) is 1.67. The molecular weight excluding hydrogens is 256 g/mol. The Morgan fingerprint density at radius 1 is 1.30 bits per heavy atom. The summed E-state index contributed by atoms with van der Waals surface area (Å²) < 4.78 is 0. The lowest BCUT2D eigenvalue weighted by molar-refractivity contribution is -0.141. The molecule has 1 amide bonds. The number of hydrogen-bond acceptors (Lipinski definition) is 3. The van der Waals surface area contributed by atoms with Crippen molar-refractivity contribution in [3.8, 4) is 0 Å². The molecule has 1 atom stereocenters. The van der Waals surface area contributed by atoms with Crippen LogP contribution < -0.4 is 0 Å². The number of carbonyl (C=O) groups is 2. The van der Waals surface area contributed by atoms with Crippen molar-refractivity contribution in [2.75, 3.05) is 13.6 Å². The maximum absolute atomic E-state index is 12.4. The van der Waals surface area contributed by atoms with Crippen molar-refractivity contribution >= 4 is 22.8 Å². The third kappa shape index (κ3) is 2.77. The van der Waals surface area contributed by atoms with E-state index in [0.717, 1.165) is 10.9 Å². The van der Waals surface area contributed by atoms with Gasteiger partial charge in [-0.25, -0.2) is 0 Å². The van der Waals surface area contributed by atoms with E-state index in [0.29, 0.717) is 5.56 Å². The van der Waals surface area contributed by atoms with Gasteiger partial charge in [0.2, 0.25) is 0 Å². The van der Waals surface area contributed by atoms with Crippen molar-refractivity contribution in [2.24, 2.45) is 5.92 Å². The average Bonchev–Trinajstić information content (AvgIpc) is 2.45. The fraction of sp³-hybridized carbons (Fsp3) is 0.267. The van der Waals surface area contributed by atoms with Gasteiger partial charge >= 0.3 is 5.97 Å². The van der Waals surface area contributed by atoms with Gasteiger partial charge in [-0.15, -0.1) is 0 Å². The van der Waals surface area contributed by atoms with Gasteiger partial charge in [-0.1, -0.05) is 19.1 Å². The van der Waals surface area contributed by atoms with Gasteiger partial charge < -0.3 is 10.0 Å². The van der Waals surface area contributed by atoms with Crippen molar-refractivity contribution < 1.29 is 14.7 Å². The monoisotopic (exact) mass is 272 g/mol. The number of nitrogens with zero attached hydrogens (tertiary/aromatic N) is 2. The number of hydrogen-bond donors (Lipinski definition) is 1. The molecule has 0 aliphatic heterocycles. The summed E-state index contributed by atoms with van der Waals surface area (Å²) in [7, 11) is 1.61. The number of pyridine rings is 1. The number of aliphatic carboxylic acids is 1. The molecule has 1 heterocycles. The third-order valence-electron chi connectivity index (χ3n) is 3.19. The second-order valence-corrected chi connectivity index (χ2v) is 4.80. The number of carboxylic acid groups (broad SMARTS) is 1. The van der Waals surface area contributed by atoms with Crippen LogP contribution in [0.15, 0.2) is 36.5 Å². The zero-order valence-corrected chi connectivity index (χ0v) is 11.4. The normalized spacial score (nSPS) is 12.1. The van der Waals surface area contributed by atoms with E-state index in [-0.39, 0.29) is 12.5 Å². The van der Waals surface area contributed by atoms with Gasteiger partial charge in [-0.2, -0.15) is 0 Å². The molecule has 0 radical (unpaired) electrons. The highest BCUT2D eigenvalue weighted by atomic mass is 16.4. The van der Waals surface area contributed by atoms with Crippen LogP contribution in [0.3, 0.4) is 0 Å². The van der Waals surface area contributed by atoms with Crippen molar-refractivity contribution in [3.05, 3.63) is 42.1 Å². The standard InChI is InChI=1S/C15H16N2O3/c1-10(15(19)20)9-17(2)14(18)12-5-3-7-13-11(12)6-4-8-16-13/h3-8,10H,9H2,1-2H3,(H,19,20). The molecule has 2 rings (SSSR count). The van der Waals surface area contributed by atoms with Crippen molar-refractivity contribution in [1.29, 1.82) is 0 Å². The Labute approximate surface area is 116 Å². The molecule has 104 valence electrons. The number of carboxylic acids is 1. The van der Waals surface area contributed by atoms with Gasteiger partial charge in [0.1, 0.15) is 0 Å². The van der Waals surface area contributed by atoms with Gasteiger partial charge in [0.25, 0.3) is 5.91 Å². The topological polar surface area (TPSA) is 70.5 Å². The van der Waals surface area contributed by atoms with Crippen LogP contribution in [0, 0.1) is 5.92 Å². The van der Waals surface area contributed by atoms with Crippen LogP contribution in [0.1, 0.15) is 17.3 Å². The van der Waals surface area contributed by atoms with Crippen molar-refractivity contribution in [3.63, 3.8) is 0 Å². The van der Waals surface area contributed by atoms with Crippen LogP contribution in [0.4, 0.5) is 0 Å². The maximum atomic E-state index is 12.4. The lowest BCUT2D eigenvalue weighted by Crippen LogP contribution is -2.33. The molecule has 1 aromatic carbocycles. The summed E-state index contributed by atoms with van der Waals surface area (Å²) in [6, 6.07) is 8.96. The number of benzene rings is 1. The van der Waals surface area contributed by atoms with E-state index in [9.17, 15) is 9.59 Å². The second-order valence-electron chi connectivity index (χ2n) is 4.80. The first-order valence-corrected chi connectivity index (χ1v) is 6.32. The number of amides is 1. The van der Waals surface area contributed by atoms with E-state index in [1.807, 2.05) is 12.1 Å². The van der Waals surface area contributed by atoms with Crippen LogP contribution in [0.2, 0.25) is 0 Å². The fourth-order valence-corrected chi connectivity index (χ4v) is 2.07. The van der Waals surface area contributed by atoms with E-state index in [1.54, 1.807) is 38.4 Å². The minimum Gasteiger partial charge on any atom is -0.481 e. The summed E-state index contributed by atoms with van der Waals surface area (Å²) in [4.78, 5) is 28.9. The lowest BCUT2D eigenvalue weighted by Gasteiger charge is -2.20. The Balaban J connectivity index is 2.29. The molecule has 5 heteroatoms. The number of carbonyl (C=O) groups excluding carboxylic acids is 1. The molecule has 0 aliphatic rings. The molecule has 20 heavy (non-hydrogen) atoms. The molecule has 1 unspecified atom stereocenters. The third-order valence-corrected chi connectivity index (χ3v) is 3.19. The zero-order valence-electron chi connectivity index (χ0n) is 11.4. The van der Waals surface area contributed by atoms with E-state index >= 15 is 0 Å². The molecule has 0 fully saturated rings. The summed E-state index contributed by atoms with van der Waals surface area (Å²) in [5.74, 6) is -1.71. The van der Waals surface area contributed by atoms with E-state index in [2.05, 4.69) is 4.98 Å². The molecule has 0 saturated carbocycles. The van der Waals surface area contributed by atoms with Crippen molar-refractivity contribution in [2.45, 2.75) is 6.92 Å². The fourth-order valence-electron chi connectivity index (χ4n) is 2.07. The highest BCUT2D eigenvalue weighted by molar-refractivity contribution is 6.06. The molecule has 5 nitrogen and oxygen atoms in total. The van der Waals surface area contributed by atoms with Gasteiger partial charge in [0.15, 0.2) is 0 Å². The quantitative estimate of drug-likeness (QED) is 0.924. The van der Waals surface area contributed by atoms with Crippen LogP contribution >= 0.6 is 0 Å². The molecule has 1 aromatic heterocycles. The first-order valence-electron chi connectivity index (χ1n) is 6.32. The SMILES string of the molecule is CC(CN(C)C(=O)c1cccc2ncccc12)C(=O)O. The predicted molar refractivity (Wildman–Crippen MR) is 75.5 cm³/mol. The molecule has 0 spiro atoms. The van der Waals surface area contributed by atoms with E-state index in [4.69, 9.17) is 5.11 Å². The number of aromatic nitrogens is 1. The van der Waals surface area contributed by atoms with Gasteiger partial charge in [-0.05, 0) is 18.2 Å². The zero-order chi connectivity index (χ0) is 14.7. The Morgan fingerprint density at radius 3 is 2.75 bits per heavy atom. The predicted octanol–water partition coefficient (Wildman–Crippen LogP) is 2.03. The Morgan fingerprint density at radius 2 is 2.05 bits per heavy atom. The van der Waals surface area contributed by atoms with Crippen molar-refractivity contribution in [1.82, 2.24) is 9.88 Å². The van der Waals surface area contributed by atoms with Crippen LogP contribution in [-0.4, -0.2) is 40.5 Å². The van der Waals surface area contributed by atoms with Crippen LogP contribution in [0.25, 0.3) is 10.9 Å². The molecule has 0 saturated heterocycles. The summed E-state index contributed by atoms with van der Waals surface area (Å²) in [5.41, 5.74) is 1.29. The highest BCUT2D eigenvalue weighted by Crippen LogP contribution is 2.18. The van der Waals surface area contributed by atoms with Crippen LogP contribution in [-0.2, 0) is 4.79 Å². The largest absolute Gasteiger partial charge is 0.481 e. The minimum atomic E-state index is -0.913. The van der Waals surface area contributed by atoms with Gasteiger partial charge in [0, 0.05) is 30.7 Å². The smallest absolute Gasteiger partial charge is 0.308 e. The Hall–Kier alpha value is -2.43. The van der Waals surface area contributed by atoms with Gasteiger partial charge in [0.05, 0.1) is 11.4 Å². The highest BCUT2D eigenvalue weighted by Gasteiger charge is 2.19. The molecule has 1 N–H and O–H groups in total. The molecule has 2 aromatic rings. The van der Waals surface area contributed by atoms with E-state index in [1.165, 1.54) is 4.90 Å². The maximum Gasteiger partial charge on any atom is 0.308 e. The lowest BCUT2D eigenvalue weighted by atomic mass is 10.1. The molecule has 0 aliphatic carbocycles. The first kappa shape index (κ1) is 14.0. The Bertz CT molecular complexity index is 649.